The first-order chi connectivity index (χ1) is 9.69. The van der Waals surface area contributed by atoms with Gasteiger partial charge in [0.1, 0.15) is 0 Å². The van der Waals surface area contributed by atoms with Crippen molar-refractivity contribution in [3.8, 4) is 0 Å². The van der Waals surface area contributed by atoms with Crippen LogP contribution in [0.2, 0.25) is 0 Å². The van der Waals surface area contributed by atoms with Crippen molar-refractivity contribution >= 4 is 0 Å². The van der Waals surface area contributed by atoms with Crippen molar-refractivity contribution < 1.29 is 26.3 Å². The minimum absolute atomic E-state index is 0.190. The molecule has 1 fully saturated rings. The summed E-state index contributed by atoms with van der Waals surface area (Å²) in [6, 6.07) is 4.66. The molecule has 0 aromatic heterocycles. The fraction of sp³-hybridized carbons (Fsp3) is 0.571. The van der Waals surface area contributed by atoms with Crippen molar-refractivity contribution in [2.45, 2.75) is 37.0 Å². The maximum atomic E-state index is 12.6. The smallest absolute Gasteiger partial charge is 0.317 e. The zero-order valence-corrected chi connectivity index (χ0v) is 11.1. The lowest BCUT2D eigenvalue weighted by Gasteiger charge is -2.25. The number of halogens is 6. The summed E-state index contributed by atoms with van der Waals surface area (Å²) in [7, 11) is 0. The van der Waals surface area contributed by atoms with Crippen molar-refractivity contribution in [3.05, 3.63) is 35.4 Å². The summed E-state index contributed by atoms with van der Waals surface area (Å²) in [5.74, 6) is -3.23. The van der Waals surface area contributed by atoms with Gasteiger partial charge in [-0.05, 0) is 43.0 Å². The molecule has 0 atom stereocenters. The van der Waals surface area contributed by atoms with Gasteiger partial charge in [0.2, 0.25) is 0 Å². The molecule has 0 spiro atoms. The third-order valence-corrected chi connectivity index (χ3v) is 3.74. The number of alkyl halides is 6. The third kappa shape index (κ3) is 3.90. The van der Waals surface area contributed by atoms with Crippen molar-refractivity contribution in [2.75, 3.05) is 13.1 Å². The van der Waals surface area contributed by atoms with E-state index in [0.29, 0.717) is 0 Å². The highest BCUT2D eigenvalue weighted by molar-refractivity contribution is 5.30. The molecule has 0 saturated carbocycles. The highest BCUT2D eigenvalue weighted by atomic mass is 19.4. The van der Waals surface area contributed by atoms with Crippen molar-refractivity contribution in [1.29, 1.82) is 0 Å². The standard InChI is InChI=1S/C14H15F6N/c15-13(16,17)12(14(18,19)20)11-3-1-9(2-4-11)10-5-7-21-8-6-10/h1-4,10,12,21H,5-8H2. The van der Waals surface area contributed by atoms with E-state index in [1.807, 2.05) is 0 Å². The zero-order chi connectivity index (χ0) is 15.7. The van der Waals surface area contributed by atoms with Gasteiger partial charge in [0.05, 0.1) is 0 Å². The molecule has 0 aliphatic carbocycles. The Morgan fingerprint density at radius 3 is 1.76 bits per heavy atom. The van der Waals surface area contributed by atoms with Crippen molar-refractivity contribution in [3.63, 3.8) is 0 Å². The molecule has 2 rings (SSSR count). The normalized spacial score (nSPS) is 18.2. The van der Waals surface area contributed by atoms with Crippen LogP contribution >= 0.6 is 0 Å². The van der Waals surface area contributed by atoms with Gasteiger partial charge in [-0.3, -0.25) is 0 Å². The Bertz CT molecular complexity index is 442. The molecule has 1 N–H and O–H groups in total. The minimum atomic E-state index is -5.34. The van der Waals surface area contributed by atoms with Crippen molar-refractivity contribution in [2.24, 2.45) is 0 Å². The maximum absolute atomic E-state index is 12.6. The molecular formula is C14H15F6N. The van der Waals surface area contributed by atoms with E-state index < -0.39 is 23.8 Å². The third-order valence-electron chi connectivity index (χ3n) is 3.74. The molecule has 0 unspecified atom stereocenters. The van der Waals surface area contributed by atoms with Gasteiger partial charge in [0, 0.05) is 0 Å². The van der Waals surface area contributed by atoms with Gasteiger partial charge in [0.15, 0.2) is 5.92 Å². The van der Waals surface area contributed by atoms with Gasteiger partial charge < -0.3 is 5.32 Å². The number of piperidine rings is 1. The number of nitrogens with one attached hydrogen (secondary N) is 1. The molecule has 1 aromatic carbocycles. The van der Waals surface area contributed by atoms with E-state index >= 15 is 0 Å². The molecule has 7 heteroatoms. The predicted molar refractivity (Wildman–Crippen MR) is 66.1 cm³/mol. The Balaban J connectivity index is 2.23. The van der Waals surface area contributed by atoms with Gasteiger partial charge in [-0.25, -0.2) is 0 Å². The van der Waals surface area contributed by atoms with E-state index in [2.05, 4.69) is 5.32 Å². The largest absolute Gasteiger partial charge is 0.404 e. The Morgan fingerprint density at radius 2 is 1.33 bits per heavy atom. The molecule has 118 valence electrons. The van der Waals surface area contributed by atoms with Crippen LogP contribution in [0.1, 0.15) is 35.8 Å². The van der Waals surface area contributed by atoms with Crippen LogP contribution in [0, 0.1) is 0 Å². The molecule has 0 bridgehead atoms. The lowest BCUT2D eigenvalue weighted by atomic mass is 9.88. The summed E-state index contributed by atoms with van der Waals surface area (Å²) in [5.41, 5.74) is 0.0380. The van der Waals surface area contributed by atoms with Crippen LogP contribution in [0.4, 0.5) is 26.3 Å². The molecule has 0 amide bonds. The number of rotatable bonds is 2. The van der Waals surface area contributed by atoms with Crippen molar-refractivity contribution in [1.82, 2.24) is 5.32 Å². The maximum Gasteiger partial charge on any atom is 0.404 e. The Kier molecular flexibility index (Phi) is 4.51. The summed E-state index contributed by atoms with van der Waals surface area (Å²) >= 11 is 0. The molecule has 0 radical (unpaired) electrons. The molecule has 1 aliphatic rings. The quantitative estimate of drug-likeness (QED) is 0.800. The van der Waals surface area contributed by atoms with E-state index in [9.17, 15) is 26.3 Å². The second-order valence-electron chi connectivity index (χ2n) is 5.21. The van der Waals surface area contributed by atoms with Gasteiger partial charge in [-0.1, -0.05) is 24.3 Å². The zero-order valence-electron chi connectivity index (χ0n) is 11.1. The summed E-state index contributed by atoms with van der Waals surface area (Å²) in [5, 5.41) is 3.16. The van der Waals surface area contributed by atoms with Gasteiger partial charge in [-0.2, -0.15) is 26.3 Å². The molecule has 1 aromatic rings. The average Bonchev–Trinajstić information content (AvgIpc) is 2.37. The van der Waals surface area contributed by atoms with Crippen LogP contribution in [0.3, 0.4) is 0 Å². The van der Waals surface area contributed by atoms with Gasteiger partial charge in [0.25, 0.3) is 0 Å². The van der Waals surface area contributed by atoms with Gasteiger partial charge in [-0.15, -0.1) is 0 Å². The average molecular weight is 311 g/mol. The molecule has 1 heterocycles. The van der Waals surface area contributed by atoms with E-state index in [4.69, 9.17) is 0 Å². The molecule has 21 heavy (non-hydrogen) atoms. The topological polar surface area (TPSA) is 12.0 Å². The van der Waals surface area contributed by atoms with Gasteiger partial charge >= 0.3 is 12.4 Å². The summed E-state index contributed by atoms with van der Waals surface area (Å²) < 4.78 is 75.8. The Morgan fingerprint density at radius 1 is 0.857 bits per heavy atom. The van der Waals surface area contributed by atoms with Crippen LogP contribution in [-0.2, 0) is 0 Å². The van der Waals surface area contributed by atoms with E-state index in [0.717, 1.165) is 43.6 Å². The fourth-order valence-electron chi connectivity index (χ4n) is 2.68. The lowest BCUT2D eigenvalue weighted by molar-refractivity contribution is -0.253. The lowest BCUT2D eigenvalue weighted by Crippen LogP contribution is -2.34. The number of benzene rings is 1. The predicted octanol–water partition coefficient (Wildman–Crippen LogP) is 4.36. The number of hydrogen-bond acceptors (Lipinski definition) is 1. The molecule has 1 saturated heterocycles. The second-order valence-corrected chi connectivity index (χ2v) is 5.21. The fourth-order valence-corrected chi connectivity index (χ4v) is 2.68. The molecule has 1 nitrogen and oxygen atoms in total. The highest BCUT2D eigenvalue weighted by Crippen LogP contribution is 2.46. The minimum Gasteiger partial charge on any atom is -0.317 e. The molecular weight excluding hydrogens is 296 g/mol. The van der Waals surface area contributed by atoms with Crippen LogP contribution in [0.5, 0.6) is 0 Å². The van der Waals surface area contributed by atoms with Crippen LogP contribution in [-0.4, -0.2) is 25.4 Å². The number of hydrogen-bond donors (Lipinski definition) is 1. The van der Waals surface area contributed by atoms with E-state index in [1.54, 1.807) is 0 Å². The first-order valence-corrected chi connectivity index (χ1v) is 6.63. The first kappa shape index (κ1) is 16.1. The van der Waals surface area contributed by atoms with Crippen LogP contribution in [0.15, 0.2) is 24.3 Å². The first-order valence-electron chi connectivity index (χ1n) is 6.63. The second kappa shape index (κ2) is 5.87. The molecule has 1 aliphatic heterocycles. The summed E-state index contributed by atoms with van der Waals surface area (Å²) in [6.45, 7) is 1.61. The Labute approximate surface area is 118 Å². The van der Waals surface area contributed by atoms with E-state index in [1.165, 1.54) is 12.1 Å². The van der Waals surface area contributed by atoms with E-state index in [-0.39, 0.29) is 5.92 Å². The summed E-state index contributed by atoms with van der Waals surface area (Å²) in [6.07, 6.45) is -9.01. The van der Waals surface area contributed by atoms with Crippen LogP contribution in [0.25, 0.3) is 0 Å². The van der Waals surface area contributed by atoms with Crippen LogP contribution < -0.4 is 5.32 Å². The summed E-state index contributed by atoms with van der Waals surface area (Å²) in [4.78, 5) is 0. The Hall–Kier alpha value is -1.24. The monoisotopic (exact) mass is 311 g/mol. The SMILES string of the molecule is FC(F)(F)C(c1ccc(C2CCNCC2)cc1)C(F)(F)F. The highest BCUT2D eigenvalue weighted by Gasteiger charge is 2.57.